The lowest BCUT2D eigenvalue weighted by molar-refractivity contribution is -0.141. The molecular weight excluding hydrogens is 442 g/mol. The highest BCUT2D eigenvalue weighted by Crippen LogP contribution is 2.44. The summed E-state index contributed by atoms with van der Waals surface area (Å²) < 4.78 is 11.6. The number of nitrogens with zero attached hydrogens (tertiary/aromatic N) is 1. The van der Waals surface area contributed by atoms with Gasteiger partial charge in [0.2, 0.25) is 0 Å². The van der Waals surface area contributed by atoms with Crippen LogP contribution in [0.3, 0.4) is 0 Å². The zero-order valence-electron chi connectivity index (χ0n) is 17.7. The van der Waals surface area contributed by atoms with E-state index in [0.717, 1.165) is 22.3 Å². The molecule has 2 atom stereocenters. The van der Waals surface area contributed by atoms with E-state index in [1.54, 1.807) is 24.3 Å². The quantitative estimate of drug-likeness (QED) is 0.563. The fourth-order valence-electron chi connectivity index (χ4n) is 4.70. The monoisotopic (exact) mass is 463 g/mol. The van der Waals surface area contributed by atoms with Gasteiger partial charge in [0.15, 0.2) is 0 Å². The van der Waals surface area contributed by atoms with Crippen molar-refractivity contribution in [2.24, 2.45) is 0 Å². The molecule has 1 N–H and O–H groups in total. The second-order valence-corrected chi connectivity index (χ2v) is 8.68. The predicted molar refractivity (Wildman–Crippen MR) is 124 cm³/mol. The Labute approximate surface area is 196 Å². The maximum Gasteiger partial charge on any atom is 0.410 e. The van der Waals surface area contributed by atoms with Crippen molar-refractivity contribution in [1.82, 2.24) is 4.90 Å². The zero-order valence-corrected chi connectivity index (χ0v) is 18.4. The SMILES string of the molecule is O=C(O)[C@@H]1C[C@@H](Oc2ccc(Cl)cc2)CN1C(=O)OCC1c2ccccc2-c2ccccc21. The number of amides is 1. The largest absolute Gasteiger partial charge is 0.488 e. The molecule has 33 heavy (non-hydrogen) atoms. The van der Waals surface area contributed by atoms with E-state index in [1.807, 2.05) is 36.4 Å². The molecule has 6 nitrogen and oxygen atoms in total. The molecule has 5 rings (SSSR count). The topological polar surface area (TPSA) is 76.1 Å². The number of ether oxygens (including phenoxy) is 2. The van der Waals surface area contributed by atoms with Crippen LogP contribution in [-0.2, 0) is 9.53 Å². The van der Waals surface area contributed by atoms with E-state index >= 15 is 0 Å². The number of carboxylic acid groups (broad SMARTS) is 1. The lowest BCUT2D eigenvalue weighted by Crippen LogP contribution is -2.41. The Morgan fingerprint density at radius 3 is 2.15 bits per heavy atom. The van der Waals surface area contributed by atoms with E-state index in [2.05, 4.69) is 12.1 Å². The number of likely N-dealkylation sites (tertiary alicyclic amines) is 1. The predicted octanol–water partition coefficient (Wildman–Crippen LogP) is 5.20. The van der Waals surface area contributed by atoms with Crippen LogP contribution in [0, 0.1) is 0 Å². The molecule has 168 valence electrons. The van der Waals surface area contributed by atoms with E-state index in [4.69, 9.17) is 21.1 Å². The number of carboxylic acids is 1. The summed E-state index contributed by atoms with van der Waals surface area (Å²) in [5.74, 6) is -0.595. The van der Waals surface area contributed by atoms with Gasteiger partial charge in [0.1, 0.15) is 24.5 Å². The van der Waals surface area contributed by atoms with E-state index in [-0.39, 0.29) is 25.5 Å². The summed E-state index contributed by atoms with van der Waals surface area (Å²) in [5.41, 5.74) is 4.48. The third kappa shape index (κ3) is 4.14. The molecular formula is C26H22ClNO5. The van der Waals surface area contributed by atoms with Crippen molar-refractivity contribution in [2.75, 3.05) is 13.2 Å². The first kappa shape index (κ1) is 21.3. The summed E-state index contributed by atoms with van der Waals surface area (Å²) in [6.45, 7) is 0.272. The van der Waals surface area contributed by atoms with Crippen LogP contribution >= 0.6 is 11.6 Å². The summed E-state index contributed by atoms with van der Waals surface area (Å²) in [6, 6.07) is 22.0. The van der Waals surface area contributed by atoms with Crippen molar-refractivity contribution in [1.29, 1.82) is 0 Å². The van der Waals surface area contributed by atoms with Gasteiger partial charge in [-0.05, 0) is 46.5 Å². The third-order valence-corrected chi connectivity index (χ3v) is 6.49. The summed E-state index contributed by atoms with van der Waals surface area (Å²) in [4.78, 5) is 26.0. The van der Waals surface area contributed by atoms with Crippen molar-refractivity contribution in [3.63, 3.8) is 0 Å². The first-order valence-electron chi connectivity index (χ1n) is 10.8. The molecule has 1 heterocycles. The summed E-state index contributed by atoms with van der Waals surface area (Å²) in [7, 11) is 0. The minimum absolute atomic E-state index is 0.0895. The van der Waals surface area contributed by atoms with Gasteiger partial charge in [0.25, 0.3) is 0 Å². The summed E-state index contributed by atoms with van der Waals surface area (Å²) in [5, 5.41) is 10.3. The smallest absolute Gasteiger partial charge is 0.410 e. The van der Waals surface area contributed by atoms with Gasteiger partial charge in [-0.3, -0.25) is 4.90 Å². The third-order valence-electron chi connectivity index (χ3n) is 6.23. The van der Waals surface area contributed by atoms with Crippen molar-refractivity contribution in [3.05, 3.63) is 88.9 Å². The normalized spacial score (nSPS) is 19.1. The van der Waals surface area contributed by atoms with Gasteiger partial charge < -0.3 is 14.6 Å². The minimum Gasteiger partial charge on any atom is -0.488 e. The lowest BCUT2D eigenvalue weighted by atomic mass is 9.98. The van der Waals surface area contributed by atoms with E-state index < -0.39 is 24.2 Å². The highest BCUT2D eigenvalue weighted by Gasteiger charge is 2.42. The Bertz CT molecular complexity index is 1150. The molecule has 1 saturated heterocycles. The molecule has 1 amide bonds. The molecule has 3 aromatic carbocycles. The molecule has 2 aliphatic rings. The van der Waals surface area contributed by atoms with Gasteiger partial charge in [0, 0.05) is 17.4 Å². The Balaban J connectivity index is 1.29. The van der Waals surface area contributed by atoms with Gasteiger partial charge >= 0.3 is 12.1 Å². The van der Waals surface area contributed by atoms with Crippen molar-refractivity contribution >= 4 is 23.7 Å². The van der Waals surface area contributed by atoms with Crippen molar-refractivity contribution < 1.29 is 24.2 Å². The zero-order chi connectivity index (χ0) is 22.9. The number of carbonyl (C=O) groups is 2. The number of benzene rings is 3. The van der Waals surface area contributed by atoms with E-state index in [1.165, 1.54) is 4.90 Å². The van der Waals surface area contributed by atoms with Gasteiger partial charge in [-0.15, -0.1) is 0 Å². The number of rotatable bonds is 5. The highest BCUT2D eigenvalue weighted by molar-refractivity contribution is 6.30. The molecule has 0 saturated carbocycles. The van der Waals surface area contributed by atoms with Crippen LogP contribution in [0.2, 0.25) is 5.02 Å². The lowest BCUT2D eigenvalue weighted by Gasteiger charge is -2.22. The number of halogens is 1. The van der Waals surface area contributed by atoms with Crippen LogP contribution < -0.4 is 4.74 Å². The number of aliphatic carboxylic acids is 1. The fourth-order valence-corrected chi connectivity index (χ4v) is 4.83. The maximum atomic E-state index is 13.0. The Hall–Kier alpha value is -3.51. The average Bonchev–Trinajstić information content (AvgIpc) is 3.39. The minimum atomic E-state index is -1.08. The van der Waals surface area contributed by atoms with Gasteiger partial charge in [0.05, 0.1) is 6.54 Å². The van der Waals surface area contributed by atoms with Crippen LogP contribution in [0.25, 0.3) is 11.1 Å². The van der Waals surface area contributed by atoms with Crippen molar-refractivity contribution in [3.8, 4) is 16.9 Å². The molecule has 3 aromatic rings. The first-order chi connectivity index (χ1) is 16.0. The van der Waals surface area contributed by atoms with Gasteiger partial charge in [-0.2, -0.15) is 0 Å². The fraction of sp³-hybridized carbons (Fsp3) is 0.231. The molecule has 0 spiro atoms. The first-order valence-corrected chi connectivity index (χ1v) is 11.2. The molecule has 7 heteroatoms. The summed E-state index contributed by atoms with van der Waals surface area (Å²) in [6.07, 6.45) is -0.915. The second kappa shape index (κ2) is 8.79. The number of carbonyl (C=O) groups excluding carboxylic acids is 1. The standard InChI is InChI=1S/C26H22ClNO5/c27-16-9-11-17(12-10-16)33-18-13-24(25(29)30)28(14-18)26(31)32-15-23-21-7-3-1-5-19(21)20-6-2-4-8-22(20)23/h1-12,18,23-24H,13-15H2,(H,29,30)/t18-,24+/m1/s1. The second-order valence-electron chi connectivity index (χ2n) is 8.24. The molecule has 0 radical (unpaired) electrons. The highest BCUT2D eigenvalue weighted by atomic mass is 35.5. The molecule has 0 bridgehead atoms. The number of hydrogen-bond donors (Lipinski definition) is 1. The average molecular weight is 464 g/mol. The Morgan fingerprint density at radius 1 is 0.939 bits per heavy atom. The molecule has 0 unspecified atom stereocenters. The summed E-state index contributed by atoms with van der Waals surface area (Å²) >= 11 is 5.91. The van der Waals surface area contributed by atoms with E-state index in [0.29, 0.717) is 10.8 Å². The Morgan fingerprint density at radius 2 is 1.55 bits per heavy atom. The maximum absolute atomic E-state index is 13.0. The van der Waals surface area contributed by atoms with E-state index in [9.17, 15) is 14.7 Å². The van der Waals surface area contributed by atoms with Gasteiger partial charge in [-0.1, -0.05) is 60.1 Å². The van der Waals surface area contributed by atoms with Crippen LogP contribution in [0.4, 0.5) is 4.79 Å². The molecule has 0 aromatic heterocycles. The van der Waals surface area contributed by atoms with Crippen LogP contribution in [0.5, 0.6) is 5.75 Å². The number of fused-ring (bicyclic) bond motifs is 3. The van der Waals surface area contributed by atoms with Gasteiger partial charge in [-0.25, -0.2) is 9.59 Å². The molecule has 1 fully saturated rings. The van der Waals surface area contributed by atoms with Crippen LogP contribution in [-0.4, -0.2) is 47.4 Å². The number of hydrogen-bond acceptors (Lipinski definition) is 4. The Kier molecular flexibility index (Phi) is 5.68. The molecule has 1 aliphatic carbocycles. The van der Waals surface area contributed by atoms with Crippen molar-refractivity contribution in [2.45, 2.75) is 24.5 Å². The van der Waals surface area contributed by atoms with Crippen LogP contribution in [0.15, 0.2) is 72.8 Å². The van der Waals surface area contributed by atoms with Crippen LogP contribution in [0.1, 0.15) is 23.5 Å². The molecule has 1 aliphatic heterocycles.